The third-order valence-corrected chi connectivity index (χ3v) is 5.24. The van der Waals surface area contributed by atoms with Gasteiger partial charge in [0.05, 0.1) is 0 Å². The van der Waals surface area contributed by atoms with Crippen LogP contribution in [0.1, 0.15) is 70.2 Å². The van der Waals surface area contributed by atoms with Gasteiger partial charge in [-0.2, -0.15) is 0 Å². The minimum atomic E-state index is 0.405. The minimum Gasteiger partial charge on any atom is -0.261 e. The molecule has 1 aromatic carbocycles. The Bertz CT molecular complexity index is 820. The molecule has 0 amide bonds. The number of hydrogen-bond donors (Lipinski definition) is 0. The van der Waals surface area contributed by atoms with Crippen LogP contribution < -0.4 is 0 Å². The van der Waals surface area contributed by atoms with Crippen molar-refractivity contribution in [2.24, 2.45) is 0 Å². The van der Waals surface area contributed by atoms with E-state index in [0.29, 0.717) is 5.92 Å². The smallest absolute Gasteiger partial charge is 0.0402 e. The Balaban J connectivity index is 2.66. The third kappa shape index (κ3) is 4.52. The lowest BCUT2D eigenvalue weighted by molar-refractivity contribution is 0.761. The SMILES string of the molecule is CC/C(C)=C(/C=C(C)C)C(CC)c1ccccc1-c1cnc(C)c(C)c1. The molecule has 26 heavy (non-hydrogen) atoms. The number of rotatable bonds is 6. The maximum Gasteiger partial charge on any atom is 0.0402 e. The van der Waals surface area contributed by atoms with E-state index < -0.39 is 0 Å². The van der Waals surface area contributed by atoms with Gasteiger partial charge in [0.25, 0.3) is 0 Å². The van der Waals surface area contributed by atoms with Gasteiger partial charge < -0.3 is 0 Å². The molecule has 2 rings (SSSR count). The molecule has 0 spiro atoms. The summed E-state index contributed by atoms with van der Waals surface area (Å²) in [5.74, 6) is 0.405. The number of allylic oxidation sites excluding steroid dienone is 4. The van der Waals surface area contributed by atoms with Gasteiger partial charge in [0.1, 0.15) is 0 Å². The fraction of sp³-hybridized carbons (Fsp3) is 0.400. The van der Waals surface area contributed by atoms with Crippen molar-refractivity contribution in [3.05, 3.63) is 76.1 Å². The van der Waals surface area contributed by atoms with Crippen LogP contribution in [0.4, 0.5) is 0 Å². The Hall–Kier alpha value is -2.15. The highest BCUT2D eigenvalue weighted by Crippen LogP contribution is 2.38. The largest absolute Gasteiger partial charge is 0.261 e. The van der Waals surface area contributed by atoms with E-state index in [1.165, 1.54) is 39.0 Å². The molecule has 0 saturated heterocycles. The molecule has 1 aromatic heterocycles. The Morgan fingerprint density at radius 2 is 1.77 bits per heavy atom. The number of pyridine rings is 1. The fourth-order valence-electron chi connectivity index (χ4n) is 3.50. The second-order valence-electron chi connectivity index (χ2n) is 7.49. The van der Waals surface area contributed by atoms with Crippen LogP contribution in [0.5, 0.6) is 0 Å². The van der Waals surface area contributed by atoms with Gasteiger partial charge in [-0.25, -0.2) is 0 Å². The lowest BCUT2D eigenvalue weighted by Gasteiger charge is -2.23. The van der Waals surface area contributed by atoms with Gasteiger partial charge in [-0.15, -0.1) is 0 Å². The molecule has 0 aliphatic heterocycles. The Labute approximate surface area is 159 Å². The summed E-state index contributed by atoms with van der Waals surface area (Å²) in [7, 11) is 0. The molecule has 1 heteroatoms. The summed E-state index contributed by atoms with van der Waals surface area (Å²) < 4.78 is 0. The molecule has 138 valence electrons. The maximum atomic E-state index is 4.60. The Kier molecular flexibility index (Phi) is 6.97. The number of aryl methyl sites for hydroxylation is 2. The molecule has 0 aliphatic rings. The fourth-order valence-corrected chi connectivity index (χ4v) is 3.50. The molecule has 0 bridgehead atoms. The molecular formula is C25H33N. The number of benzene rings is 1. The highest BCUT2D eigenvalue weighted by Gasteiger charge is 2.19. The highest BCUT2D eigenvalue weighted by atomic mass is 14.7. The number of hydrogen-bond acceptors (Lipinski definition) is 1. The highest BCUT2D eigenvalue weighted by molar-refractivity contribution is 5.69. The van der Waals surface area contributed by atoms with Gasteiger partial charge in [0.15, 0.2) is 0 Å². The summed E-state index contributed by atoms with van der Waals surface area (Å²) in [4.78, 5) is 4.60. The van der Waals surface area contributed by atoms with E-state index in [1.807, 2.05) is 6.20 Å². The van der Waals surface area contributed by atoms with E-state index in [2.05, 4.69) is 89.9 Å². The lowest BCUT2D eigenvalue weighted by Crippen LogP contribution is -2.05. The molecular weight excluding hydrogens is 314 g/mol. The van der Waals surface area contributed by atoms with Crippen LogP contribution in [-0.2, 0) is 0 Å². The van der Waals surface area contributed by atoms with Crippen LogP contribution in [0.15, 0.2) is 59.3 Å². The first-order chi connectivity index (χ1) is 12.4. The van der Waals surface area contributed by atoms with Crippen LogP contribution in [0, 0.1) is 13.8 Å². The third-order valence-electron chi connectivity index (χ3n) is 5.24. The molecule has 0 N–H and O–H groups in total. The lowest BCUT2D eigenvalue weighted by atomic mass is 9.81. The van der Waals surface area contributed by atoms with Crippen LogP contribution in [0.25, 0.3) is 11.1 Å². The summed E-state index contributed by atoms with van der Waals surface area (Å²) in [5, 5.41) is 0. The van der Waals surface area contributed by atoms with Gasteiger partial charge >= 0.3 is 0 Å². The first-order valence-corrected chi connectivity index (χ1v) is 9.76. The maximum absolute atomic E-state index is 4.60. The molecule has 1 nitrogen and oxygen atoms in total. The zero-order valence-corrected chi connectivity index (χ0v) is 17.5. The minimum absolute atomic E-state index is 0.405. The average molecular weight is 348 g/mol. The van der Waals surface area contributed by atoms with Crippen LogP contribution in [0.2, 0.25) is 0 Å². The predicted octanol–water partition coefficient (Wildman–Crippen LogP) is 7.55. The quantitative estimate of drug-likeness (QED) is 0.491. The van der Waals surface area contributed by atoms with Crippen molar-refractivity contribution >= 4 is 0 Å². The van der Waals surface area contributed by atoms with Crippen molar-refractivity contribution in [2.45, 2.75) is 67.2 Å². The number of nitrogens with zero attached hydrogens (tertiary/aromatic N) is 1. The van der Waals surface area contributed by atoms with E-state index in [9.17, 15) is 0 Å². The summed E-state index contributed by atoms with van der Waals surface area (Å²) in [6.45, 7) is 15.4. The van der Waals surface area contributed by atoms with Crippen molar-refractivity contribution in [1.82, 2.24) is 4.98 Å². The summed E-state index contributed by atoms with van der Waals surface area (Å²) >= 11 is 0. The van der Waals surface area contributed by atoms with Gasteiger partial charge in [0, 0.05) is 23.4 Å². The average Bonchev–Trinajstić information content (AvgIpc) is 2.63. The topological polar surface area (TPSA) is 12.9 Å². The molecule has 0 saturated carbocycles. The van der Waals surface area contributed by atoms with E-state index in [4.69, 9.17) is 0 Å². The second kappa shape index (κ2) is 8.98. The van der Waals surface area contributed by atoms with Gasteiger partial charge in [0.2, 0.25) is 0 Å². The van der Waals surface area contributed by atoms with E-state index >= 15 is 0 Å². The molecule has 1 unspecified atom stereocenters. The van der Waals surface area contributed by atoms with Crippen LogP contribution >= 0.6 is 0 Å². The summed E-state index contributed by atoms with van der Waals surface area (Å²) in [5.41, 5.74) is 10.6. The van der Waals surface area contributed by atoms with Crippen LogP contribution in [0.3, 0.4) is 0 Å². The second-order valence-corrected chi connectivity index (χ2v) is 7.49. The Morgan fingerprint density at radius 3 is 2.35 bits per heavy atom. The molecule has 1 atom stereocenters. The van der Waals surface area contributed by atoms with Crippen molar-refractivity contribution in [3.8, 4) is 11.1 Å². The van der Waals surface area contributed by atoms with Crippen molar-refractivity contribution in [3.63, 3.8) is 0 Å². The molecule has 2 aromatic rings. The molecule has 0 radical (unpaired) electrons. The Morgan fingerprint density at radius 1 is 1.08 bits per heavy atom. The van der Waals surface area contributed by atoms with Crippen molar-refractivity contribution in [1.29, 1.82) is 0 Å². The zero-order valence-electron chi connectivity index (χ0n) is 17.5. The van der Waals surface area contributed by atoms with E-state index in [-0.39, 0.29) is 0 Å². The molecule has 0 fully saturated rings. The van der Waals surface area contributed by atoms with Gasteiger partial charge in [-0.05, 0) is 75.8 Å². The summed E-state index contributed by atoms with van der Waals surface area (Å²) in [6.07, 6.45) is 6.57. The van der Waals surface area contributed by atoms with Crippen LogP contribution in [-0.4, -0.2) is 4.98 Å². The normalized spacial score (nSPS) is 13.2. The van der Waals surface area contributed by atoms with Crippen molar-refractivity contribution in [2.75, 3.05) is 0 Å². The first-order valence-electron chi connectivity index (χ1n) is 9.76. The molecule has 1 heterocycles. The van der Waals surface area contributed by atoms with Gasteiger partial charge in [-0.1, -0.05) is 55.3 Å². The van der Waals surface area contributed by atoms with E-state index in [1.54, 1.807) is 0 Å². The monoisotopic (exact) mass is 347 g/mol. The zero-order chi connectivity index (χ0) is 19.3. The van der Waals surface area contributed by atoms with E-state index in [0.717, 1.165) is 18.5 Å². The summed E-state index contributed by atoms with van der Waals surface area (Å²) in [6, 6.07) is 11.1. The standard InChI is InChI=1S/C25H33N/c1-8-18(5)25(14-17(3)4)22(9-2)24-13-11-10-12-23(24)21-15-19(6)20(7)26-16-21/h10-16,22H,8-9H2,1-7H3/b25-18-. The predicted molar refractivity (Wildman–Crippen MR) is 115 cm³/mol. The number of aromatic nitrogens is 1. The van der Waals surface area contributed by atoms with Gasteiger partial charge in [-0.3, -0.25) is 4.98 Å². The molecule has 0 aliphatic carbocycles. The van der Waals surface area contributed by atoms with Crippen molar-refractivity contribution < 1.29 is 0 Å². The first kappa shape index (κ1) is 20.2.